The van der Waals surface area contributed by atoms with Crippen molar-refractivity contribution in [3.05, 3.63) is 51.0 Å². The van der Waals surface area contributed by atoms with Crippen molar-refractivity contribution in [2.24, 2.45) is 0 Å². The van der Waals surface area contributed by atoms with Crippen LogP contribution in [0.2, 0.25) is 5.02 Å². The fourth-order valence-corrected chi connectivity index (χ4v) is 2.67. The molecule has 22 heavy (non-hydrogen) atoms. The number of anilines is 2. The largest absolute Gasteiger partial charge is 0.495 e. The standard InChI is InChI=1S/C16H16BrClN2O2/c1-9-4-5-13(11(17)6-9)19-16(21)20-14-7-10(2)12(18)8-15(14)22-3/h4-8H,1-3H3,(H2,19,20,21). The molecule has 0 aliphatic rings. The molecule has 2 aromatic carbocycles. The highest BCUT2D eigenvalue weighted by molar-refractivity contribution is 9.10. The Kier molecular flexibility index (Phi) is 5.32. The number of hydrogen-bond donors (Lipinski definition) is 2. The minimum absolute atomic E-state index is 0.357. The van der Waals surface area contributed by atoms with Gasteiger partial charge in [-0.15, -0.1) is 0 Å². The molecule has 0 aliphatic heterocycles. The molecule has 0 aliphatic carbocycles. The fourth-order valence-electron chi connectivity index (χ4n) is 1.93. The van der Waals surface area contributed by atoms with Crippen molar-refractivity contribution in [1.82, 2.24) is 0 Å². The van der Waals surface area contributed by atoms with Gasteiger partial charge in [-0.1, -0.05) is 17.7 Å². The number of halogens is 2. The molecule has 0 fully saturated rings. The summed E-state index contributed by atoms with van der Waals surface area (Å²) in [5.74, 6) is 0.508. The lowest BCUT2D eigenvalue weighted by molar-refractivity contribution is 0.262. The maximum absolute atomic E-state index is 12.2. The van der Waals surface area contributed by atoms with Crippen LogP contribution in [0.3, 0.4) is 0 Å². The van der Waals surface area contributed by atoms with Crippen LogP contribution in [0.4, 0.5) is 16.2 Å². The van der Waals surface area contributed by atoms with Crippen molar-refractivity contribution in [3.63, 3.8) is 0 Å². The van der Waals surface area contributed by atoms with Crippen LogP contribution in [0.5, 0.6) is 5.75 Å². The van der Waals surface area contributed by atoms with Crippen molar-refractivity contribution in [2.75, 3.05) is 17.7 Å². The monoisotopic (exact) mass is 382 g/mol. The predicted molar refractivity (Wildman–Crippen MR) is 94.3 cm³/mol. The lowest BCUT2D eigenvalue weighted by Crippen LogP contribution is -2.20. The van der Waals surface area contributed by atoms with Gasteiger partial charge in [-0.05, 0) is 59.1 Å². The summed E-state index contributed by atoms with van der Waals surface area (Å²) in [5.41, 5.74) is 3.21. The summed E-state index contributed by atoms with van der Waals surface area (Å²) >= 11 is 9.48. The van der Waals surface area contributed by atoms with Crippen LogP contribution in [0, 0.1) is 13.8 Å². The molecule has 2 rings (SSSR count). The Labute approximate surface area is 142 Å². The second-order valence-electron chi connectivity index (χ2n) is 4.86. The molecular weight excluding hydrogens is 368 g/mol. The zero-order valence-corrected chi connectivity index (χ0v) is 14.8. The number of nitrogens with one attached hydrogen (secondary N) is 2. The van der Waals surface area contributed by atoms with Gasteiger partial charge in [-0.3, -0.25) is 0 Å². The Balaban J connectivity index is 2.17. The third-order valence-electron chi connectivity index (χ3n) is 3.10. The first-order valence-corrected chi connectivity index (χ1v) is 7.76. The molecule has 0 saturated carbocycles. The van der Waals surface area contributed by atoms with Crippen LogP contribution in [0.25, 0.3) is 0 Å². The maximum atomic E-state index is 12.2. The molecule has 0 unspecified atom stereocenters. The molecule has 2 aromatic rings. The molecule has 6 heteroatoms. The Morgan fingerprint density at radius 2 is 1.82 bits per heavy atom. The Hall–Kier alpha value is -1.72. The third kappa shape index (κ3) is 3.93. The molecule has 0 heterocycles. The van der Waals surface area contributed by atoms with Crippen LogP contribution < -0.4 is 15.4 Å². The van der Waals surface area contributed by atoms with Gasteiger partial charge >= 0.3 is 6.03 Å². The summed E-state index contributed by atoms with van der Waals surface area (Å²) < 4.78 is 6.06. The average Bonchev–Trinajstić information content (AvgIpc) is 2.45. The summed E-state index contributed by atoms with van der Waals surface area (Å²) in [4.78, 5) is 12.2. The molecule has 116 valence electrons. The Morgan fingerprint density at radius 1 is 1.14 bits per heavy atom. The van der Waals surface area contributed by atoms with E-state index in [0.29, 0.717) is 22.1 Å². The highest BCUT2D eigenvalue weighted by Crippen LogP contribution is 2.31. The van der Waals surface area contributed by atoms with Crippen LogP contribution in [0.15, 0.2) is 34.8 Å². The van der Waals surface area contributed by atoms with Crippen molar-refractivity contribution in [2.45, 2.75) is 13.8 Å². The van der Waals surface area contributed by atoms with Crippen LogP contribution in [0.1, 0.15) is 11.1 Å². The molecule has 0 bridgehead atoms. The number of hydrogen-bond acceptors (Lipinski definition) is 2. The van der Waals surface area contributed by atoms with E-state index >= 15 is 0 Å². The summed E-state index contributed by atoms with van der Waals surface area (Å²) in [6.45, 7) is 3.84. The molecular formula is C16H16BrClN2O2. The van der Waals surface area contributed by atoms with Gasteiger partial charge in [0.2, 0.25) is 0 Å². The van der Waals surface area contributed by atoms with E-state index in [1.54, 1.807) is 12.1 Å². The van der Waals surface area contributed by atoms with Crippen LogP contribution >= 0.6 is 27.5 Å². The van der Waals surface area contributed by atoms with E-state index < -0.39 is 0 Å². The Morgan fingerprint density at radius 3 is 2.45 bits per heavy atom. The van der Waals surface area contributed by atoms with Gasteiger partial charge in [0, 0.05) is 15.6 Å². The summed E-state index contributed by atoms with van der Waals surface area (Å²) in [6.07, 6.45) is 0. The van der Waals surface area contributed by atoms with Gasteiger partial charge in [0.15, 0.2) is 0 Å². The molecule has 0 spiro atoms. The number of ether oxygens (including phenoxy) is 1. The second-order valence-corrected chi connectivity index (χ2v) is 6.13. The smallest absolute Gasteiger partial charge is 0.323 e. The minimum atomic E-state index is -0.357. The summed E-state index contributed by atoms with van der Waals surface area (Å²) in [5, 5.41) is 6.14. The topological polar surface area (TPSA) is 50.4 Å². The van der Waals surface area contributed by atoms with Gasteiger partial charge in [0.25, 0.3) is 0 Å². The Bertz CT molecular complexity index is 720. The number of carbonyl (C=O) groups is 1. The van der Waals surface area contributed by atoms with Crippen molar-refractivity contribution in [3.8, 4) is 5.75 Å². The van der Waals surface area contributed by atoms with Crippen molar-refractivity contribution >= 4 is 44.9 Å². The molecule has 2 amide bonds. The first-order valence-electron chi connectivity index (χ1n) is 6.59. The van der Waals surface area contributed by atoms with Gasteiger partial charge in [-0.2, -0.15) is 0 Å². The second kappa shape index (κ2) is 7.03. The highest BCUT2D eigenvalue weighted by Gasteiger charge is 2.11. The number of aryl methyl sites for hydroxylation is 2. The number of carbonyl (C=O) groups excluding carboxylic acids is 1. The number of benzene rings is 2. The van der Waals surface area contributed by atoms with E-state index in [0.717, 1.165) is 15.6 Å². The van der Waals surface area contributed by atoms with Gasteiger partial charge in [0.1, 0.15) is 5.75 Å². The number of amides is 2. The number of rotatable bonds is 3. The zero-order valence-electron chi connectivity index (χ0n) is 12.5. The minimum Gasteiger partial charge on any atom is -0.495 e. The molecule has 0 radical (unpaired) electrons. The summed E-state index contributed by atoms with van der Waals surface area (Å²) in [7, 11) is 1.53. The van der Waals surface area contributed by atoms with E-state index in [4.69, 9.17) is 16.3 Å². The average molecular weight is 384 g/mol. The SMILES string of the molecule is COc1cc(Cl)c(C)cc1NC(=O)Nc1ccc(C)cc1Br. The molecule has 2 N–H and O–H groups in total. The van der Waals surface area contributed by atoms with Crippen molar-refractivity contribution < 1.29 is 9.53 Å². The third-order valence-corrected chi connectivity index (χ3v) is 4.17. The van der Waals surface area contributed by atoms with Gasteiger partial charge in [-0.25, -0.2) is 4.79 Å². The van der Waals surface area contributed by atoms with E-state index in [2.05, 4.69) is 26.6 Å². The van der Waals surface area contributed by atoms with Gasteiger partial charge in [0.05, 0.1) is 18.5 Å². The lowest BCUT2D eigenvalue weighted by Gasteiger charge is -2.13. The number of urea groups is 1. The number of methoxy groups -OCH3 is 1. The fraction of sp³-hybridized carbons (Fsp3) is 0.188. The first kappa shape index (κ1) is 16.6. The zero-order chi connectivity index (χ0) is 16.3. The molecule has 0 atom stereocenters. The highest BCUT2D eigenvalue weighted by atomic mass is 79.9. The summed E-state index contributed by atoms with van der Waals surface area (Å²) in [6, 6.07) is 8.78. The molecule has 4 nitrogen and oxygen atoms in total. The van der Waals surface area contributed by atoms with E-state index in [9.17, 15) is 4.79 Å². The van der Waals surface area contributed by atoms with E-state index in [1.165, 1.54) is 7.11 Å². The van der Waals surface area contributed by atoms with Crippen LogP contribution in [-0.4, -0.2) is 13.1 Å². The first-order chi connectivity index (χ1) is 10.4. The van der Waals surface area contributed by atoms with E-state index in [1.807, 2.05) is 32.0 Å². The normalized spacial score (nSPS) is 10.2. The lowest BCUT2D eigenvalue weighted by atomic mass is 10.2. The molecule has 0 aromatic heterocycles. The molecule has 0 saturated heterocycles. The maximum Gasteiger partial charge on any atom is 0.323 e. The predicted octanol–water partition coefficient (Wildman–Crippen LogP) is 5.37. The van der Waals surface area contributed by atoms with Crippen molar-refractivity contribution in [1.29, 1.82) is 0 Å². The van der Waals surface area contributed by atoms with E-state index in [-0.39, 0.29) is 6.03 Å². The van der Waals surface area contributed by atoms with Gasteiger partial charge < -0.3 is 15.4 Å². The van der Waals surface area contributed by atoms with Crippen LogP contribution in [-0.2, 0) is 0 Å². The quantitative estimate of drug-likeness (QED) is 0.748.